The van der Waals surface area contributed by atoms with Gasteiger partial charge in [0.25, 0.3) is 0 Å². The Morgan fingerprint density at radius 3 is 2.90 bits per heavy atom. The van der Waals surface area contributed by atoms with Crippen LogP contribution in [0.25, 0.3) is 0 Å². The minimum atomic E-state index is 0. The Bertz CT molecular complexity index is 447. The highest BCUT2D eigenvalue weighted by molar-refractivity contribution is 7.16. The Labute approximate surface area is 142 Å². The molecule has 0 bridgehead atoms. The number of nitrogens with zero attached hydrogens (tertiary/aromatic N) is 1. The van der Waals surface area contributed by atoms with Crippen molar-refractivity contribution in [2.24, 2.45) is 11.8 Å². The summed E-state index contributed by atoms with van der Waals surface area (Å²) in [6.45, 7) is 5.03. The SMILES string of the molecule is CC(CC(=O)N(C)Cc1ccc(Cl)s1)C1CCCNC1.Cl. The Morgan fingerprint density at radius 2 is 2.33 bits per heavy atom. The molecule has 0 radical (unpaired) electrons. The third-order valence-electron chi connectivity index (χ3n) is 4.08. The van der Waals surface area contributed by atoms with Gasteiger partial charge in [0.1, 0.15) is 0 Å². The van der Waals surface area contributed by atoms with Crippen molar-refractivity contribution in [1.29, 1.82) is 0 Å². The third-order valence-corrected chi connectivity index (χ3v) is 5.30. The maximum absolute atomic E-state index is 12.3. The second kappa shape index (κ2) is 8.99. The van der Waals surface area contributed by atoms with Crippen LogP contribution in [0.3, 0.4) is 0 Å². The van der Waals surface area contributed by atoms with Crippen molar-refractivity contribution >= 4 is 41.3 Å². The molecule has 1 N–H and O–H groups in total. The number of carbonyl (C=O) groups is 1. The lowest BCUT2D eigenvalue weighted by molar-refractivity contribution is -0.131. The van der Waals surface area contributed by atoms with Gasteiger partial charge in [-0.1, -0.05) is 18.5 Å². The molecule has 1 aromatic rings. The number of hydrogen-bond donors (Lipinski definition) is 1. The zero-order valence-corrected chi connectivity index (χ0v) is 15.0. The topological polar surface area (TPSA) is 32.3 Å². The minimum absolute atomic E-state index is 0. The van der Waals surface area contributed by atoms with Crippen molar-refractivity contribution < 1.29 is 4.79 Å². The summed E-state index contributed by atoms with van der Waals surface area (Å²) in [6.07, 6.45) is 3.11. The Hall–Kier alpha value is -0.290. The molecule has 1 fully saturated rings. The first-order valence-corrected chi connectivity index (χ1v) is 8.44. The van der Waals surface area contributed by atoms with E-state index in [-0.39, 0.29) is 18.3 Å². The van der Waals surface area contributed by atoms with Gasteiger partial charge in [-0.05, 0) is 49.9 Å². The average molecular weight is 351 g/mol. The quantitative estimate of drug-likeness (QED) is 0.875. The van der Waals surface area contributed by atoms with Crippen LogP contribution in [0.4, 0.5) is 0 Å². The van der Waals surface area contributed by atoms with E-state index in [4.69, 9.17) is 11.6 Å². The van der Waals surface area contributed by atoms with Crippen molar-refractivity contribution in [3.63, 3.8) is 0 Å². The van der Waals surface area contributed by atoms with Gasteiger partial charge in [-0.2, -0.15) is 0 Å². The van der Waals surface area contributed by atoms with Crippen LogP contribution in [-0.4, -0.2) is 30.9 Å². The van der Waals surface area contributed by atoms with Crippen LogP contribution in [0.15, 0.2) is 12.1 Å². The molecule has 0 saturated carbocycles. The molecule has 1 aliphatic heterocycles. The number of hydrogen-bond acceptors (Lipinski definition) is 3. The molecule has 1 aliphatic rings. The molecule has 1 aromatic heterocycles. The first-order chi connectivity index (χ1) is 9.56. The highest BCUT2D eigenvalue weighted by Crippen LogP contribution is 2.25. The van der Waals surface area contributed by atoms with Gasteiger partial charge in [0.05, 0.1) is 10.9 Å². The number of halogens is 2. The van der Waals surface area contributed by atoms with Gasteiger partial charge in [0.2, 0.25) is 5.91 Å². The highest BCUT2D eigenvalue weighted by atomic mass is 35.5. The normalized spacial score (nSPS) is 19.7. The molecule has 2 unspecified atom stereocenters. The van der Waals surface area contributed by atoms with E-state index in [1.54, 1.807) is 11.3 Å². The Kier molecular flexibility index (Phi) is 8.03. The second-order valence-electron chi connectivity index (χ2n) is 5.74. The summed E-state index contributed by atoms with van der Waals surface area (Å²) < 4.78 is 0.780. The van der Waals surface area contributed by atoms with E-state index in [1.807, 2.05) is 24.1 Å². The zero-order valence-electron chi connectivity index (χ0n) is 12.6. The number of nitrogens with one attached hydrogen (secondary N) is 1. The third kappa shape index (κ3) is 5.78. The van der Waals surface area contributed by atoms with Crippen molar-refractivity contribution in [2.45, 2.75) is 32.7 Å². The molecular weight excluding hydrogens is 327 g/mol. The number of amides is 1. The van der Waals surface area contributed by atoms with Gasteiger partial charge in [-0.3, -0.25) is 4.79 Å². The summed E-state index contributed by atoms with van der Waals surface area (Å²) >= 11 is 7.46. The van der Waals surface area contributed by atoms with E-state index in [0.29, 0.717) is 24.8 Å². The van der Waals surface area contributed by atoms with Crippen LogP contribution >= 0.6 is 35.3 Å². The van der Waals surface area contributed by atoms with Gasteiger partial charge >= 0.3 is 0 Å². The number of carbonyl (C=O) groups excluding carboxylic acids is 1. The number of rotatable bonds is 5. The van der Waals surface area contributed by atoms with Crippen molar-refractivity contribution in [1.82, 2.24) is 10.2 Å². The highest BCUT2D eigenvalue weighted by Gasteiger charge is 2.23. The van der Waals surface area contributed by atoms with Crippen LogP contribution in [0.5, 0.6) is 0 Å². The Morgan fingerprint density at radius 1 is 1.57 bits per heavy atom. The van der Waals surface area contributed by atoms with E-state index in [2.05, 4.69) is 12.2 Å². The summed E-state index contributed by atoms with van der Waals surface area (Å²) in [5.74, 6) is 1.31. The van der Waals surface area contributed by atoms with Gasteiger partial charge < -0.3 is 10.2 Å². The van der Waals surface area contributed by atoms with Gasteiger partial charge in [0.15, 0.2) is 0 Å². The molecule has 3 nitrogen and oxygen atoms in total. The molecule has 0 aliphatic carbocycles. The summed E-state index contributed by atoms with van der Waals surface area (Å²) in [6, 6.07) is 3.88. The molecular formula is C15H24Cl2N2OS. The molecule has 120 valence electrons. The fraction of sp³-hybridized carbons (Fsp3) is 0.667. The van der Waals surface area contributed by atoms with Gasteiger partial charge in [-0.15, -0.1) is 23.7 Å². The van der Waals surface area contributed by atoms with Crippen molar-refractivity contribution in [2.75, 3.05) is 20.1 Å². The van der Waals surface area contributed by atoms with E-state index >= 15 is 0 Å². The fourth-order valence-corrected chi connectivity index (χ4v) is 3.86. The van der Waals surface area contributed by atoms with Crippen molar-refractivity contribution in [3.8, 4) is 0 Å². The lowest BCUT2D eigenvalue weighted by Gasteiger charge is -2.29. The van der Waals surface area contributed by atoms with Crippen molar-refractivity contribution in [3.05, 3.63) is 21.3 Å². The zero-order chi connectivity index (χ0) is 14.5. The monoisotopic (exact) mass is 350 g/mol. The average Bonchev–Trinajstić information content (AvgIpc) is 2.85. The second-order valence-corrected chi connectivity index (χ2v) is 7.54. The lowest BCUT2D eigenvalue weighted by Crippen LogP contribution is -2.36. The molecule has 21 heavy (non-hydrogen) atoms. The number of piperidine rings is 1. The van der Waals surface area contributed by atoms with E-state index in [1.165, 1.54) is 12.8 Å². The molecule has 2 rings (SSSR count). The summed E-state index contributed by atoms with van der Waals surface area (Å²) in [5.41, 5.74) is 0. The molecule has 6 heteroatoms. The Balaban J connectivity index is 0.00000220. The summed E-state index contributed by atoms with van der Waals surface area (Å²) in [5, 5.41) is 3.42. The predicted molar refractivity (Wildman–Crippen MR) is 92.4 cm³/mol. The van der Waals surface area contributed by atoms with E-state index in [9.17, 15) is 4.79 Å². The number of thiophene rings is 1. The van der Waals surface area contributed by atoms with Crippen LogP contribution in [-0.2, 0) is 11.3 Å². The predicted octanol–water partition coefficient (Wildman–Crippen LogP) is 3.81. The fourth-order valence-electron chi connectivity index (χ4n) is 2.72. The standard InChI is InChI=1S/C15H23ClN2OS.ClH/c1-11(12-4-3-7-17-9-12)8-15(19)18(2)10-13-5-6-14(16)20-13;/h5-6,11-12,17H,3-4,7-10H2,1-2H3;1H. The largest absolute Gasteiger partial charge is 0.341 e. The van der Waals surface area contributed by atoms with Crippen LogP contribution in [0.2, 0.25) is 4.34 Å². The maximum Gasteiger partial charge on any atom is 0.222 e. The molecule has 2 atom stereocenters. The molecule has 2 heterocycles. The van der Waals surface area contributed by atoms with E-state index < -0.39 is 0 Å². The molecule has 1 saturated heterocycles. The van der Waals surface area contributed by atoms with E-state index in [0.717, 1.165) is 22.3 Å². The molecule has 1 amide bonds. The molecule has 0 aromatic carbocycles. The maximum atomic E-state index is 12.3. The first kappa shape index (κ1) is 18.8. The lowest BCUT2D eigenvalue weighted by atomic mass is 9.85. The van der Waals surface area contributed by atoms with Crippen LogP contribution in [0, 0.1) is 11.8 Å². The molecule has 0 spiro atoms. The van der Waals surface area contributed by atoms with Crippen LogP contribution in [0.1, 0.15) is 31.1 Å². The summed E-state index contributed by atoms with van der Waals surface area (Å²) in [7, 11) is 1.88. The van der Waals surface area contributed by atoms with Gasteiger partial charge in [0, 0.05) is 18.3 Å². The van der Waals surface area contributed by atoms with Gasteiger partial charge in [-0.25, -0.2) is 0 Å². The first-order valence-electron chi connectivity index (χ1n) is 7.25. The smallest absolute Gasteiger partial charge is 0.222 e. The minimum Gasteiger partial charge on any atom is -0.341 e. The summed E-state index contributed by atoms with van der Waals surface area (Å²) in [4.78, 5) is 15.2. The van der Waals surface area contributed by atoms with Crippen LogP contribution < -0.4 is 5.32 Å².